The van der Waals surface area contributed by atoms with Crippen molar-refractivity contribution in [3.63, 3.8) is 0 Å². The summed E-state index contributed by atoms with van der Waals surface area (Å²) in [7, 11) is 0. The molecule has 2 aliphatic carbocycles. The molecule has 0 atom stereocenters. The number of benzene rings is 2. The molecule has 3 heteroatoms. The molecule has 2 aromatic carbocycles. The summed E-state index contributed by atoms with van der Waals surface area (Å²) in [6.07, 6.45) is 8.86. The summed E-state index contributed by atoms with van der Waals surface area (Å²) in [5.74, 6) is 0. The van der Waals surface area contributed by atoms with Gasteiger partial charge in [0, 0.05) is 0 Å². The van der Waals surface area contributed by atoms with E-state index >= 15 is 0 Å². The summed E-state index contributed by atoms with van der Waals surface area (Å²) in [6, 6.07) is 17.4. The zero-order chi connectivity index (χ0) is 20.3. The van der Waals surface area contributed by atoms with Crippen LogP contribution in [0.5, 0.6) is 0 Å². The van der Waals surface area contributed by atoms with E-state index in [0.29, 0.717) is 0 Å². The van der Waals surface area contributed by atoms with Crippen molar-refractivity contribution in [1.29, 1.82) is 0 Å². The number of aryl methyl sites for hydroxylation is 2. The molecule has 4 rings (SSSR count). The molecule has 2 aliphatic rings. The van der Waals surface area contributed by atoms with Crippen LogP contribution < -0.4 is 24.8 Å². The van der Waals surface area contributed by atoms with E-state index in [0.717, 1.165) is 12.8 Å². The first-order valence-electron chi connectivity index (χ1n) is 10.1. The molecule has 0 spiro atoms. The van der Waals surface area contributed by atoms with Crippen LogP contribution in [0.15, 0.2) is 70.8 Å². The van der Waals surface area contributed by atoms with Crippen molar-refractivity contribution in [2.24, 2.45) is 0 Å². The van der Waals surface area contributed by atoms with E-state index in [-0.39, 0.29) is 50.7 Å². The van der Waals surface area contributed by atoms with Crippen molar-refractivity contribution in [2.75, 3.05) is 0 Å². The second-order valence-electron chi connectivity index (χ2n) is 8.00. The summed E-state index contributed by atoms with van der Waals surface area (Å²) in [6.45, 7) is 13.0. The molecule has 0 saturated carbocycles. The third kappa shape index (κ3) is 7.45. The van der Waals surface area contributed by atoms with Crippen molar-refractivity contribution >= 4 is 11.1 Å². The molecule has 0 bridgehead atoms. The van der Waals surface area contributed by atoms with Crippen molar-refractivity contribution in [3.05, 3.63) is 105 Å². The summed E-state index contributed by atoms with van der Waals surface area (Å²) in [5.41, 5.74) is 13.5. The molecule has 0 unspecified atom stereocenters. The summed E-state index contributed by atoms with van der Waals surface area (Å²) >= 11 is 0. The van der Waals surface area contributed by atoms with Gasteiger partial charge >= 0.3 is 25.8 Å². The largest absolute Gasteiger partial charge is 4.00 e. The third-order valence-corrected chi connectivity index (χ3v) is 5.77. The predicted molar refractivity (Wildman–Crippen MR) is 122 cm³/mol. The predicted octanol–water partition coefficient (Wildman–Crippen LogP) is 1.85. The van der Waals surface area contributed by atoms with Gasteiger partial charge in [0.05, 0.1) is 0 Å². The van der Waals surface area contributed by atoms with Gasteiger partial charge in [-0.2, -0.15) is 34.4 Å². The molecular weight excluding hydrogens is 586 g/mol. The van der Waals surface area contributed by atoms with Gasteiger partial charge in [-0.3, -0.25) is 0 Å². The van der Waals surface area contributed by atoms with Crippen molar-refractivity contribution in [3.8, 4) is 0 Å². The Balaban J connectivity index is 0.000000529. The number of rotatable bonds is 2. The molecule has 0 amide bonds. The zero-order valence-electron chi connectivity index (χ0n) is 19.3. The Hall–Kier alpha value is -1.15. The number of hydrogen-bond donors (Lipinski definition) is 0. The number of halogens is 2. The minimum absolute atomic E-state index is 0. The maximum atomic E-state index is 3.43. The Morgan fingerprint density at radius 1 is 0.516 bits per heavy atom. The van der Waals surface area contributed by atoms with Gasteiger partial charge in [0.15, 0.2) is 0 Å². The smallest absolute Gasteiger partial charge is 1.00 e. The molecule has 0 aromatic heterocycles. The first-order valence-corrected chi connectivity index (χ1v) is 10.1. The van der Waals surface area contributed by atoms with E-state index in [1.54, 1.807) is 0 Å². The van der Waals surface area contributed by atoms with Crippen LogP contribution in [0.1, 0.15) is 62.8 Å². The third-order valence-electron chi connectivity index (χ3n) is 5.77. The standard InChI is InChI=1S/2C14H15.2ClH.Hf/c2*1-10-4-7-13(8-5-10)14-9-6-11(2)12(14)3;;;/h2*4-5,7-8H,6H2,1-3H3;2*1H;/q2*-1;;;+4/p-2. The molecule has 0 radical (unpaired) electrons. The van der Waals surface area contributed by atoms with Gasteiger partial charge in [0.25, 0.3) is 0 Å². The van der Waals surface area contributed by atoms with Crippen molar-refractivity contribution in [2.45, 2.75) is 54.4 Å². The molecule has 31 heavy (non-hydrogen) atoms. The Morgan fingerprint density at radius 2 is 0.806 bits per heavy atom. The fraction of sp³-hybridized carbons (Fsp3) is 0.286. The first-order chi connectivity index (χ1) is 13.4. The van der Waals surface area contributed by atoms with E-state index < -0.39 is 0 Å². The normalized spacial score (nSPS) is 14.5. The van der Waals surface area contributed by atoms with E-state index in [9.17, 15) is 0 Å². The molecule has 0 fully saturated rings. The van der Waals surface area contributed by atoms with Gasteiger partial charge in [0.2, 0.25) is 0 Å². The molecule has 2 aromatic rings. The molecule has 0 aliphatic heterocycles. The zero-order valence-corrected chi connectivity index (χ0v) is 24.4. The Bertz CT molecular complexity index is 905. The average molecular weight is 616 g/mol. The summed E-state index contributed by atoms with van der Waals surface area (Å²) < 4.78 is 0. The second kappa shape index (κ2) is 13.4. The van der Waals surface area contributed by atoms with Crippen LogP contribution in [0.4, 0.5) is 0 Å². The van der Waals surface area contributed by atoms with Crippen LogP contribution in [0.25, 0.3) is 11.1 Å². The fourth-order valence-electron chi connectivity index (χ4n) is 3.48. The molecule has 0 N–H and O–H groups in total. The maximum Gasteiger partial charge on any atom is 4.00 e. The topological polar surface area (TPSA) is 0 Å². The van der Waals surface area contributed by atoms with Crippen LogP contribution >= 0.6 is 0 Å². The van der Waals surface area contributed by atoms with Crippen LogP contribution in [-0.4, -0.2) is 0 Å². The second-order valence-corrected chi connectivity index (χ2v) is 8.00. The van der Waals surface area contributed by atoms with Crippen molar-refractivity contribution < 1.29 is 50.7 Å². The number of hydrogen-bond acceptors (Lipinski definition) is 0. The van der Waals surface area contributed by atoms with Gasteiger partial charge in [0.1, 0.15) is 0 Å². The average Bonchev–Trinajstić information content (AvgIpc) is 3.20. The molecule has 0 heterocycles. The fourth-order valence-corrected chi connectivity index (χ4v) is 3.48. The SMILES string of the molecule is CC1=C(C)C(c2ccc(C)cc2)=[C-]C1.CC1=C(C)C(c2ccc(C)cc2)=[C-]C1.[Cl-].[Cl-].[Hf+4]. The minimum atomic E-state index is 0. The van der Waals surface area contributed by atoms with Crippen molar-refractivity contribution in [1.82, 2.24) is 0 Å². The Morgan fingerprint density at radius 3 is 1.03 bits per heavy atom. The van der Waals surface area contributed by atoms with Crippen LogP contribution in [0.3, 0.4) is 0 Å². The Labute approximate surface area is 220 Å². The first kappa shape index (κ1) is 29.9. The van der Waals surface area contributed by atoms with E-state index in [1.165, 1.54) is 55.7 Å². The van der Waals surface area contributed by atoms with E-state index in [1.807, 2.05) is 0 Å². The quantitative estimate of drug-likeness (QED) is 0.358. The van der Waals surface area contributed by atoms with Gasteiger partial charge in [-0.1, -0.05) is 75.9 Å². The van der Waals surface area contributed by atoms with Crippen LogP contribution in [0, 0.1) is 26.0 Å². The minimum Gasteiger partial charge on any atom is -1.00 e. The molecule has 0 nitrogen and oxygen atoms in total. The molecule has 0 saturated heterocycles. The Kier molecular flexibility index (Phi) is 12.9. The van der Waals surface area contributed by atoms with Gasteiger partial charge in [-0.25, -0.2) is 0 Å². The molecular formula is C28H30Cl2Hf. The van der Waals surface area contributed by atoms with Crippen LogP contribution in [0.2, 0.25) is 0 Å². The van der Waals surface area contributed by atoms with Gasteiger partial charge in [-0.15, -0.1) is 46.5 Å². The maximum absolute atomic E-state index is 3.43. The van der Waals surface area contributed by atoms with E-state index in [2.05, 4.69) is 102 Å². The van der Waals surface area contributed by atoms with E-state index in [4.69, 9.17) is 0 Å². The summed E-state index contributed by atoms with van der Waals surface area (Å²) in [4.78, 5) is 0. The van der Waals surface area contributed by atoms with Gasteiger partial charge < -0.3 is 24.8 Å². The van der Waals surface area contributed by atoms with Crippen LogP contribution in [-0.2, 0) is 25.8 Å². The van der Waals surface area contributed by atoms with Gasteiger partial charge in [-0.05, 0) is 13.8 Å². The summed E-state index contributed by atoms with van der Waals surface area (Å²) in [5, 5.41) is 0. The number of allylic oxidation sites excluding steroid dienone is 8. The monoisotopic (exact) mass is 616 g/mol. The molecule has 160 valence electrons.